The molecule has 0 fully saturated rings. The van der Waals surface area contributed by atoms with Gasteiger partial charge >= 0.3 is 0 Å². The molecule has 1 unspecified atom stereocenters. The van der Waals surface area contributed by atoms with Gasteiger partial charge in [-0.05, 0) is 24.1 Å². The third-order valence-corrected chi connectivity index (χ3v) is 4.97. The van der Waals surface area contributed by atoms with Crippen LogP contribution in [0, 0.1) is 11.3 Å². The number of furan rings is 1. The van der Waals surface area contributed by atoms with Gasteiger partial charge in [-0.3, -0.25) is 0 Å². The van der Waals surface area contributed by atoms with E-state index >= 15 is 0 Å². The lowest BCUT2D eigenvalue weighted by Gasteiger charge is -2.17. The van der Waals surface area contributed by atoms with Gasteiger partial charge in [0.15, 0.2) is 20.6 Å². The Morgan fingerprint density at radius 2 is 1.96 bits per heavy atom. The number of anilines is 1. The number of nitriles is 1. The third kappa shape index (κ3) is 4.36. The van der Waals surface area contributed by atoms with E-state index in [1.54, 1.807) is 12.1 Å². The minimum absolute atomic E-state index is 0.0131. The smallest absolute Gasteiger partial charge is 0.224 e. The highest BCUT2D eigenvalue weighted by atomic mass is 32.2. The lowest BCUT2D eigenvalue weighted by atomic mass is 10.1. The topological polar surface area (TPSA) is 129 Å². The molecule has 0 spiro atoms. The van der Waals surface area contributed by atoms with E-state index in [4.69, 9.17) is 4.42 Å². The zero-order valence-electron chi connectivity index (χ0n) is 15.0. The molecular weight excluding hydrogens is 380 g/mol. The van der Waals surface area contributed by atoms with Crippen molar-refractivity contribution in [3.63, 3.8) is 0 Å². The standard InChI is InChI=1S/C19H18N4O4S/c1-28(25,26)18-15(11-20)17(16-8-5-9-27-16)22-19(23-18)21-14(12-24)10-13-6-3-2-4-7-13/h2-9,14,24H,10,12H2,1H3,(H,21,22,23). The molecule has 2 N–H and O–H groups in total. The molecule has 0 radical (unpaired) electrons. The minimum Gasteiger partial charge on any atom is -0.463 e. The number of hydrogen-bond donors (Lipinski definition) is 2. The van der Waals surface area contributed by atoms with Crippen LogP contribution in [-0.4, -0.2) is 42.4 Å². The Morgan fingerprint density at radius 1 is 1.21 bits per heavy atom. The van der Waals surface area contributed by atoms with Crippen molar-refractivity contribution in [1.82, 2.24) is 9.97 Å². The van der Waals surface area contributed by atoms with Crippen LogP contribution in [0.5, 0.6) is 0 Å². The Hall–Kier alpha value is -3.22. The SMILES string of the molecule is CS(=O)(=O)c1nc(NC(CO)Cc2ccccc2)nc(-c2ccco2)c1C#N. The number of aromatic nitrogens is 2. The fraction of sp³-hybridized carbons (Fsp3) is 0.211. The van der Waals surface area contributed by atoms with Crippen molar-refractivity contribution in [2.75, 3.05) is 18.2 Å². The van der Waals surface area contributed by atoms with E-state index in [9.17, 15) is 18.8 Å². The third-order valence-electron chi connectivity index (χ3n) is 3.97. The van der Waals surface area contributed by atoms with Crippen molar-refractivity contribution in [2.45, 2.75) is 17.5 Å². The predicted octanol–water partition coefficient (Wildman–Crippen LogP) is 2.03. The zero-order chi connectivity index (χ0) is 20.1. The highest BCUT2D eigenvalue weighted by molar-refractivity contribution is 7.90. The molecule has 2 heterocycles. The first kappa shape index (κ1) is 19.5. The number of nitrogens with one attached hydrogen (secondary N) is 1. The largest absolute Gasteiger partial charge is 0.463 e. The summed E-state index contributed by atoms with van der Waals surface area (Å²) >= 11 is 0. The number of nitrogens with zero attached hydrogens (tertiary/aromatic N) is 3. The summed E-state index contributed by atoms with van der Waals surface area (Å²) in [4.78, 5) is 8.30. The summed E-state index contributed by atoms with van der Waals surface area (Å²) in [5.74, 6) is 0.233. The van der Waals surface area contributed by atoms with Crippen molar-refractivity contribution >= 4 is 15.8 Å². The van der Waals surface area contributed by atoms with Gasteiger partial charge in [0.25, 0.3) is 0 Å². The van der Waals surface area contributed by atoms with Crippen LogP contribution in [0.4, 0.5) is 5.95 Å². The molecule has 0 aliphatic rings. The summed E-state index contributed by atoms with van der Waals surface area (Å²) < 4.78 is 29.7. The Morgan fingerprint density at radius 3 is 2.54 bits per heavy atom. The molecule has 8 nitrogen and oxygen atoms in total. The number of aliphatic hydroxyl groups excluding tert-OH is 1. The second-order valence-electron chi connectivity index (χ2n) is 6.15. The van der Waals surface area contributed by atoms with Gasteiger partial charge in [-0.1, -0.05) is 30.3 Å². The van der Waals surface area contributed by atoms with E-state index in [0.29, 0.717) is 6.42 Å². The average Bonchev–Trinajstić information content (AvgIpc) is 3.21. The lowest BCUT2D eigenvalue weighted by molar-refractivity contribution is 0.273. The maximum absolute atomic E-state index is 12.2. The van der Waals surface area contributed by atoms with E-state index in [-0.39, 0.29) is 29.6 Å². The van der Waals surface area contributed by atoms with E-state index in [2.05, 4.69) is 15.3 Å². The van der Waals surface area contributed by atoms with Crippen LogP contribution in [0.25, 0.3) is 11.5 Å². The Bertz CT molecular complexity index is 1090. The molecule has 1 aromatic carbocycles. The summed E-state index contributed by atoms with van der Waals surface area (Å²) in [6.45, 7) is -0.220. The summed E-state index contributed by atoms with van der Waals surface area (Å²) in [7, 11) is -3.80. The molecule has 28 heavy (non-hydrogen) atoms. The van der Waals surface area contributed by atoms with E-state index < -0.39 is 20.9 Å². The van der Waals surface area contributed by atoms with Crippen molar-refractivity contribution in [3.8, 4) is 17.5 Å². The minimum atomic E-state index is -3.80. The molecule has 0 bridgehead atoms. The quantitative estimate of drug-likeness (QED) is 0.578. The highest BCUT2D eigenvalue weighted by Gasteiger charge is 2.25. The fourth-order valence-corrected chi connectivity index (χ4v) is 3.47. The number of benzene rings is 1. The molecule has 0 saturated heterocycles. The van der Waals surface area contributed by atoms with Gasteiger partial charge < -0.3 is 14.8 Å². The van der Waals surface area contributed by atoms with Gasteiger partial charge in [-0.2, -0.15) is 10.2 Å². The van der Waals surface area contributed by atoms with Crippen molar-refractivity contribution in [1.29, 1.82) is 5.26 Å². The van der Waals surface area contributed by atoms with Gasteiger partial charge in [-0.25, -0.2) is 13.4 Å². The molecule has 2 aromatic heterocycles. The van der Waals surface area contributed by atoms with Crippen molar-refractivity contribution < 1.29 is 17.9 Å². The summed E-state index contributed by atoms with van der Waals surface area (Å²) in [6.07, 6.45) is 2.85. The zero-order valence-corrected chi connectivity index (χ0v) is 15.8. The Labute approximate surface area is 162 Å². The first-order valence-corrected chi connectivity index (χ1v) is 10.3. The van der Waals surface area contributed by atoms with E-state index in [1.165, 1.54) is 6.26 Å². The van der Waals surface area contributed by atoms with Crippen LogP contribution < -0.4 is 5.32 Å². The van der Waals surface area contributed by atoms with Crippen LogP contribution in [-0.2, 0) is 16.3 Å². The van der Waals surface area contributed by atoms with Gasteiger partial charge in [0.05, 0.1) is 18.9 Å². The maximum atomic E-state index is 12.2. The summed E-state index contributed by atoms with van der Waals surface area (Å²) in [5.41, 5.74) is 0.866. The fourth-order valence-electron chi connectivity index (χ4n) is 2.71. The first-order valence-electron chi connectivity index (χ1n) is 8.39. The number of sulfone groups is 1. The van der Waals surface area contributed by atoms with E-state index in [0.717, 1.165) is 11.8 Å². The molecule has 144 valence electrons. The van der Waals surface area contributed by atoms with Gasteiger partial charge in [0.1, 0.15) is 17.3 Å². The van der Waals surface area contributed by atoms with Crippen LogP contribution in [0.1, 0.15) is 11.1 Å². The Kier molecular flexibility index (Phi) is 5.73. The highest BCUT2D eigenvalue weighted by Crippen LogP contribution is 2.27. The molecule has 0 aliphatic carbocycles. The van der Waals surface area contributed by atoms with E-state index in [1.807, 2.05) is 36.4 Å². The molecule has 1 atom stereocenters. The number of hydrogen-bond acceptors (Lipinski definition) is 8. The first-order chi connectivity index (χ1) is 13.4. The molecular formula is C19H18N4O4S. The van der Waals surface area contributed by atoms with Gasteiger partial charge in [-0.15, -0.1) is 0 Å². The lowest BCUT2D eigenvalue weighted by Crippen LogP contribution is -2.28. The monoisotopic (exact) mass is 398 g/mol. The van der Waals surface area contributed by atoms with Crippen LogP contribution in [0.15, 0.2) is 58.2 Å². The molecule has 3 aromatic rings. The molecule has 9 heteroatoms. The molecule has 3 rings (SSSR count). The van der Waals surface area contributed by atoms with Crippen LogP contribution >= 0.6 is 0 Å². The normalized spacial score (nSPS) is 12.3. The maximum Gasteiger partial charge on any atom is 0.224 e. The summed E-state index contributed by atoms with van der Waals surface area (Å²) in [6, 6.07) is 14.1. The molecule has 0 aliphatic heterocycles. The Balaban J connectivity index is 2.03. The number of rotatable bonds is 7. The van der Waals surface area contributed by atoms with Crippen molar-refractivity contribution in [2.24, 2.45) is 0 Å². The predicted molar refractivity (Wildman–Crippen MR) is 102 cm³/mol. The van der Waals surface area contributed by atoms with Gasteiger partial charge in [0, 0.05) is 6.26 Å². The average molecular weight is 398 g/mol. The van der Waals surface area contributed by atoms with Crippen LogP contribution in [0.2, 0.25) is 0 Å². The summed E-state index contributed by atoms with van der Waals surface area (Å²) in [5, 5.41) is 21.8. The second kappa shape index (κ2) is 8.21. The number of aliphatic hydroxyl groups is 1. The second-order valence-corrected chi connectivity index (χ2v) is 8.08. The van der Waals surface area contributed by atoms with Crippen LogP contribution in [0.3, 0.4) is 0 Å². The molecule has 0 saturated carbocycles. The van der Waals surface area contributed by atoms with Crippen molar-refractivity contribution in [3.05, 3.63) is 59.9 Å². The molecule has 0 amide bonds. The van der Waals surface area contributed by atoms with Gasteiger partial charge in [0.2, 0.25) is 5.95 Å².